The normalized spacial score (nSPS) is 16.2. The Morgan fingerprint density at radius 2 is 2.07 bits per heavy atom. The molecule has 12 heteroatoms. The van der Waals surface area contributed by atoms with Gasteiger partial charge in [0.15, 0.2) is 0 Å². The van der Waals surface area contributed by atoms with E-state index in [4.69, 9.17) is 4.55 Å². The maximum atomic E-state index is 12.8. The van der Waals surface area contributed by atoms with Gasteiger partial charge in [-0.1, -0.05) is 0 Å². The van der Waals surface area contributed by atoms with Crippen molar-refractivity contribution >= 4 is 39.0 Å². The van der Waals surface area contributed by atoms with Crippen molar-refractivity contribution < 1.29 is 18.1 Å². The van der Waals surface area contributed by atoms with E-state index < -0.39 is 10.0 Å². The second kappa shape index (κ2) is 10.1. The van der Waals surface area contributed by atoms with E-state index in [-0.39, 0.29) is 24.6 Å². The predicted octanol–water partition coefficient (Wildman–Crippen LogP) is 0.758. The van der Waals surface area contributed by atoms with Crippen molar-refractivity contribution in [1.82, 2.24) is 18.8 Å². The second-order valence-electron chi connectivity index (χ2n) is 7.34. The minimum atomic E-state index is -3.18. The van der Waals surface area contributed by atoms with E-state index in [1.165, 1.54) is 10.6 Å². The Balaban J connectivity index is 1.84. The molecule has 0 amide bonds. The largest absolute Gasteiger partial charge is 0.396 e. The fourth-order valence-electron chi connectivity index (χ4n) is 3.60. The maximum Gasteiger partial charge on any atom is 0.255 e. The van der Waals surface area contributed by atoms with Crippen molar-refractivity contribution in [2.24, 2.45) is 0 Å². The molecule has 0 spiro atoms. The maximum absolute atomic E-state index is 12.8. The molecule has 0 aromatic carbocycles. The lowest BCUT2D eigenvalue weighted by Gasteiger charge is -2.30. The number of fused-ring (bicyclic) bond motifs is 1. The molecule has 166 valence electrons. The van der Waals surface area contributed by atoms with Crippen LogP contribution in [-0.2, 0) is 23.0 Å². The average molecular weight is 458 g/mol. The molecule has 1 aliphatic heterocycles. The van der Waals surface area contributed by atoms with Crippen LogP contribution >= 0.6 is 12.0 Å². The number of aryl methyl sites for hydroxylation is 1. The molecule has 3 rings (SSSR count). The number of aliphatic hydroxyl groups is 1. The highest BCUT2D eigenvalue weighted by molar-refractivity contribution is 7.93. The lowest BCUT2D eigenvalue weighted by molar-refractivity contribution is 0.299. The number of aliphatic hydroxyl groups excluding tert-OH is 1. The van der Waals surface area contributed by atoms with Crippen LogP contribution in [0.2, 0.25) is 0 Å². The van der Waals surface area contributed by atoms with Gasteiger partial charge < -0.3 is 15.0 Å². The SMILES string of the molecule is CS(=O)(=O)N1CCC(Nc2ncc3cc(CCO)c(=O)n(CCCSO)c3n2)CC1. The van der Waals surface area contributed by atoms with Crippen molar-refractivity contribution in [1.29, 1.82) is 0 Å². The molecule has 0 atom stereocenters. The van der Waals surface area contributed by atoms with Gasteiger partial charge in [0.25, 0.3) is 5.56 Å². The van der Waals surface area contributed by atoms with Crippen LogP contribution in [0.1, 0.15) is 24.8 Å². The molecule has 2 aromatic heterocycles. The lowest BCUT2D eigenvalue weighted by Crippen LogP contribution is -2.42. The zero-order valence-electron chi connectivity index (χ0n) is 16.8. The lowest BCUT2D eigenvalue weighted by atomic mass is 10.1. The predicted molar refractivity (Wildman–Crippen MR) is 117 cm³/mol. The third-order valence-electron chi connectivity index (χ3n) is 5.16. The number of aromatic nitrogens is 3. The van der Waals surface area contributed by atoms with Crippen LogP contribution in [0.3, 0.4) is 0 Å². The van der Waals surface area contributed by atoms with Crippen molar-refractivity contribution in [3.8, 4) is 0 Å². The second-order valence-corrected chi connectivity index (χ2v) is 9.99. The molecule has 0 aliphatic carbocycles. The Hall–Kier alpha value is -1.73. The highest BCUT2D eigenvalue weighted by Gasteiger charge is 2.25. The van der Waals surface area contributed by atoms with Crippen LogP contribution in [0.15, 0.2) is 17.1 Å². The summed E-state index contributed by atoms with van der Waals surface area (Å²) in [6, 6.07) is 1.75. The smallest absolute Gasteiger partial charge is 0.255 e. The van der Waals surface area contributed by atoms with E-state index in [0.29, 0.717) is 67.2 Å². The number of pyridine rings is 1. The zero-order chi connectivity index (χ0) is 21.7. The third-order valence-corrected chi connectivity index (χ3v) is 6.93. The van der Waals surface area contributed by atoms with Gasteiger partial charge in [-0.3, -0.25) is 9.36 Å². The highest BCUT2D eigenvalue weighted by Crippen LogP contribution is 2.19. The molecule has 2 aromatic rings. The number of anilines is 1. The van der Waals surface area contributed by atoms with E-state index in [1.54, 1.807) is 16.8 Å². The van der Waals surface area contributed by atoms with Crippen molar-refractivity contribution in [3.05, 3.63) is 28.2 Å². The first-order chi connectivity index (χ1) is 14.3. The fraction of sp³-hybridized carbons (Fsp3) is 0.611. The van der Waals surface area contributed by atoms with E-state index in [1.807, 2.05) is 0 Å². The number of rotatable bonds is 9. The molecule has 0 saturated carbocycles. The van der Waals surface area contributed by atoms with Crippen LogP contribution in [0.5, 0.6) is 0 Å². The van der Waals surface area contributed by atoms with E-state index in [0.717, 1.165) is 12.0 Å². The average Bonchev–Trinajstić information content (AvgIpc) is 2.71. The molecule has 10 nitrogen and oxygen atoms in total. The summed E-state index contributed by atoms with van der Waals surface area (Å²) in [5.41, 5.74) is 0.792. The van der Waals surface area contributed by atoms with Crippen LogP contribution in [0.4, 0.5) is 5.95 Å². The van der Waals surface area contributed by atoms with Crippen LogP contribution in [0.25, 0.3) is 11.0 Å². The van der Waals surface area contributed by atoms with Gasteiger partial charge in [0.2, 0.25) is 16.0 Å². The van der Waals surface area contributed by atoms with E-state index >= 15 is 0 Å². The first kappa shape index (κ1) is 22.9. The topological polar surface area (TPSA) is 138 Å². The molecule has 3 N–H and O–H groups in total. The van der Waals surface area contributed by atoms with Crippen molar-refractivity contribution in [3.63, 3.8) is 0 Å². The molecular weight excluding hydrogens is 430 g/mol. The van der Waals surface area contributed by atoms with Gasteiger partial charge in [-0.2, -0.15) is 4.98 Å². The summed E-state index contributed by atoms with van der Waals surface area (Å²) in [5, 5.41) is 13.2. The van der Waals surface area contributed by atoms with Crippen LogP contribution in [-0.4, -0.2) is 74.7 Å². The van der Waals surface area contributed by atoms with E-state index in [2.05, 4.69) is 15.3 Å². The third kappa shape index (κ3) is 5.49. The summed E-state index contributed by atoms with van der Waals surface area (Å²) in [6.07, 6.45) is 4.99. The van der Waals surface area contributed by atoms with E-state index in [9.17, 15) is 18.3 Å². The Bertz CT molecular complexity index is 1040. The molecule has 0 radical (unpaired) electrons. The molecule has 0 unspecified atom stereocenters. The zero-order valence-corrected chi connectivity index (χ0v) is 18.5. The summed E-state index contributed by atoms with van der Waals surface area (Å²) >= 11 is 0.728. The Kier molecular flexibility index (Phi) is 7.69. The Morgan fingerprint density at radius 3 is 2.70 bits per heavy atom. The fourth-order valence-corrected chi connectivity index (χ4v) is 4.73. The molecule has 3 heterocycles. The van der Waals surface area contributed by atoms with Gasteiger partial charge in [0.05, 0.1) is 6.26 Å². The van der Waals surface area contributed by atoms with Crippen molar-refractivity contribution in [2.75, 3.05) is 37.0 Å². The quantitative estimate of drug-likeness (QED) is 0.368. The van der Waals surface area contributed by atoms with Gasteiger partial charge in [0, 0.05) is 61.6 Å². The van der Waals surface area contributed by atoms with Gasteiger partial charge in [-0.05, 0) is 37.4 Å². The van der Waals surface area contributed by atoms with Gasteiger partial charge in [-0.15, -0.1) is 0 Å². The Morgan fingerprint density at radius 1 is 1.33 bits per heavy atom. The Labute approximate surface area is 179 Å². The van der Waals surface area contributed by atoms with Gasteiger partial charge in [0.1, 0.15) is 5.65 Å². The number of hydrogen-bond donors (Lipinski definition) is 3. The summed E-state index contributed by atoms with van der Waals surface area (Å²) in [6.45, 7) is 1.15. The minimum Gasteiger partial charge on any atom is -0.396 e. The summed E-state index contributed by atoms with van der Waals surface area (Å²) in [4.78, 5) is 21.8. The molecule has 1 aliphatic rings. The monoisotopic (exact) mass is 457 g/mol. The molecule has 1 fully saturated rings. The van der Waals surface area contributed by atoms with Crippen LogP contribution in [0, 0.1) is 0 Å². The number of nitrogens with zero attached hydrogens (tertiary/aromatic N) is 4. The number of sulfonamides is 1. The van der Waals surface area contributed by atoms with Gasteiger partial charge >= 0.3 is 0 Å². The number of piperidine rings is 1. The summed E-state index contributed by atoms with van der Waals surface area (Å²) in [5.74, 6) is 0.882. The molecule has 1 saturated heterocycles. The first-order valence-corrected chi connectivity index (χ1v) is 12.6. The van der Waals surface area contributed by atoms with Crippen molar-refractivity contribution in [2.45, 2.75) is 38.3 Å². The first-order valence-electron chi connectivity index (χ1n) is 9.82. The minimum absolute atomic E-state index is 0.0417. The highest BCUT2D eigenvalue weighted by atomic mass is 32.2. The molecule has 30 heavy (non-hydrogen) atoms. The molecular formula is C18H27N5O5S2. The summed E-state index contributed by atoms with van der Waals surface area (Å²) in [7, 11) is -3.18. The summed E-state index contributed by atoms with van der Waals surface area (Å²) < 4.78 is 35.3. The number of nitrogens with one attached hydrogen (secondary N) is 1. The number of hydrogen-bond acceptors (Lipinski definition) is 9. The van der Waals surface area contributed by atoms with Gasteiger partial charge in [-0.25, -0.2) is 17.7 Å². The molecule has 0 bridgehead atoms. The van der Waals surface area contributed by atoms with Crippen LogP contribution < -0.4 is 10.9 Å². The standard InChI is InChI=1S/C18H27N5O5S2/c1-30(27,28)22-7-3-15(4-8-22)20-18-19-12-14-11-13(5-9-24)17(25)23(16(14)21-18)6-2-10-29-26/h11-12,15,24,26H,2-10H2,1H3,(H,19,20,21).